The van der Waals surface area contributed by atoms with Gasteiger partial charge in [0, 0.05) is 21.0 Å². The molecule has 2 aromatic heterocycles. The summed E-state index contributed by atoms with van der Waals surface area (Å²) in [5, 5.41) is 15.5. The van der Waals surface area contributed by atoms with Crippen LogP contribution in [0.15, 0.2) is 104 Å². The monoisotopic (exact) mass is 638 g/mol. The minimum Gasteiger partial charge on any atom is -0.493 e. The average Bonchev–Trinajstić information content (AvgIpc) is 3.46. The van der Waals surface area contributed by atoms with E-state index in [1.807, 2.05) is 48.5 Å². The van der Waals surface area contributed by atoms with Crippen molar-refractivity contribution in [3.63, 3.8) is 0 Å². The van der Waals surface area contributed by atoms with Gasteiger partial charge in [0.15, 0.2) is 17.3 Å². The molecule has 0 aliphatic carbocycles. The van der Waals surface area contributed by atoms with Crippen LogP contribution >= 0.6 is 27.5 Å². The van der Waals surface area contributed by atoms with Crippen molar-refractivity contribution in [2.24, 2.45) is 5.10 Å². The second-order valence-electron chi connectivity index (χ2n) is 9.15. The molecular formula is C32H20BrClN4O4. The molecular weight excluding hydrogens is 620 g/mol. The Morgan fingerprint density at radius 3 is 2.67 bits per heavy atom. The van der Waals surface area contributed by atoms with Gasteiger partial charge in [-0.2, -0.15) is 15.0 Å². The third-order valence-electron chi connectivity index (χ3n) is 6.60. The number of hydrogen-bond donors (Lipinski definition) is 0. The topological polar surface area (TPSA) is 103 Å². The quantitative estimate of drug-likeness (QED) is 0.167. The molecule has 0 bridgehead atoms. The van der Waals surface area contributed by atoms with Crippen molar-refractivity contribution in [3.05, 3.63) is 121 Å². The molecule has 206 valence electrons. The van der Waals surface area contributed by atoms with E-state index < -0.39 is 0 Å². The van der Waals surface area contributed by atoms with Gasteiger partial charge < -0.3 is 13.9 Å². The summed E-state index contributed by atoms with van der Waals surface area (Å²) in [5.41, 5.74) is 2.56. The largest absolute Gasteiger partial charge is 0.493 e. The zero-order chi connectivity index (χ0) is 29.2. The van der Waals surface area contributed by atoms with Crippen LogP contribution in [0.2, 0.25) is 5.02 Å². The number of hydrogen-bond acceptors (Lipinski definition) is 7. The van der Waals surface area contributed by atoms with E-state index in [0.717, 1.165) is 5.39 Å². The molecule has 0 fully saturated rings. The van der Waals surface area contributed by atoms with E-state index in [9.17, 15) is 10.1 Å². The summed E-state index contributed by atoms with van der Waals surface area (Å²) in [6, 6.07) is 27.4. The number of benzene rings is 4. The van der Waals surface area contributed by atoms with Crippen LogP contribution in [0.3, 0.4) is 0 Å². The number of rotatable bonds is 7. The highest BCUT2D eigenvalue weighted by molar-refractivity contribution is 9.10. The number of halogens is 2. The molecule has 10 heteroatoms. The van der Waals surface area contributed by atoms with Gasteiger partial charge in [-0.1, -0.05) is 60.1 Å². The lowest BCUT2D eigenvalue weighted by atomic mass is 10.1. The van der Waals surface area contributed by atoms with Crippen LogP contribution in [0, 0.1) is 11.3 Å². The molecule has 2 heterocycles. The second kappa shape index (κ2) is 11.5. The number of ether oxygens (including phenoxy) is 2. The van der Waals surface area contributed by atoms with Gasteiger partial charge in [-0.3, -0.25) is 4.79 Å². The molecule has 0 saturated heterocycles. The van der Waals surface area contributed by atoms with Gasteiger partial charge in [-0.15, -0.1) is 0 Å². The van der Waals surface area contributed by atoms with Gasteiger partial charge in [0.05, 0.1) is 35.9 Å². The molecule has 0 amide bonds. The number of methoxy groups -OCH3 is 1. The molecule has 8 nitrogen and oxygen atoms in total. The Balaban J connectivity index is 1.42. The average molecular weight is 640 g/mol. The van der Waals surface area contributed by atoms with Gasteiger partial charge >= 0.3 is 0 Å². The van der Waals surface area contributed by atoms with E-state index in [2.05, 4.69) is 27.1 Å². The highest BCUT2D eigenvalue weighted by Gasteiger charge is 2.19. The lowest BCUT2D eigenvalue weighted by molar-refractivity contribution is 0.284. The Bertz CT molecular complexity index is 2080. The molecule has 0 spiro atoms. The summed E-state index contributed by atoms with van der Waals surface area (Å²) in [4.78, 5) is 18.3. The molecule has 42 heavy (non-hydrogen) atoms. The fourth-order valence-corrected chi connectivity index (χ4v) is 5.15. The molecule has 0 unspecified atom stereocenters. The van der Waals surface area contributed by atoms with Gasteiger partial charge in [-0.05, 0) is 52.3 Å². The maximum atomic E-state index is 13.6. The van der Waals surface area contributed by atoms with Crippen molar-refractivity contribution < 1.29 is 13.9 Å². The predicted octanol–water partition coefficient (Wildman–Crippen LogP) is 7.57. The Labute approximate surface area is 253 Å². The first-order valence-electron chi connectivity index (χ1n) is 12.7. The minimum absolute atomic E-state index is 0.110. The molecule has 0 aliphatic rings. The third-order valence-corrected chi connectivity index (χ3v) is 8.04. The van der Waals surface area contributed by atoms with Gasteiger partial charge in [-0.25, -0.2) is 4.98 Å². The number of nitriles is 1. The molecule has 0 atom stereocenters. The first-order valence-corrected chi connectivity index (χ1v) is 13.9. The molecule has 0 N–H and O–H groups in total. The van der Waals surface area contributed by atoms with Gasteiger partial charge in [0.2, 0.25) is 5.82 Å². The van der Waals surface area contributed by atoms with E-state index in [1.165, 1.54) is 18.0 Å². The van der Waals surface area contributed by atoms with Gasteiger partial charge in [0.25, 0.3) is 5.56 Å². The maximum Gasteiger partial charge on any atom is 0.282 e. The lowest BCUT2D eigenvalue weighted by Gasteiger charge is -2.15. The standard InChI is InChI=1S/C32H20BrClN4O4/c1-40-26-15-22(28(33)29(34)30(26)41-18-21-10-3-2-9-20(21)16-35)17-36-38-31(27-14-19-8-4-7-13-25(19)42-27)37-24-12-6-5-11-23(24)32(38)39/h2-15,17H,18H2,1H3. The maximum absolute atomic E-state index is 13.6. The number of fused-ring (bicyclic) bond motifs is 2. The van der Waals surface area contributed by atoms with Crippen molar-refractivity contribution in [1.82, 2.24) is 9.66 Å². The second-order valence-corrected chi connectivity index (χ2v) is 10.3. The first kappa shape index (κ1) is 27.3. The number of aromatic nitrogens is 2. The molecule has 0 radical (unpaired) electrons. The zero-order valence-electron chi connectivity index (χ0n) is 22.0. The fourth-order valence-electron chi connectivity index (χ4n) is 4.49. The van der Waals surface area contributed by atoms with Crippen LogP contribution in [-0.2, 0) is 6.61 Å². The van der Waals surface area contributed by atoms with E-state index in [-0.39, 0.29) is 23.0 Å². The Morgan fingerprint density at radius 1 is 1.10 bits per heavy atom. The molecule has 0 aliphatic heterocycles. The molecule has 6 rings (SSSR count). The minimum atomic E-state index is -0.363. The normalized spacial score (nSPS) is 11.3. The summed E-state index contributed by atoms with van der Waals surface area (Å²) in [7, 11) is 1.49. The molecule has 0 saturated carbocycles. The highest BCUT2D eigenvalue weighted by Crippen LogP contribution is 2.42. The van der Waals surface area contributed by atoms with Crippen LogP contribution < -0.4 is 15.0 Å². The number of furan rings is 1. The van der Waals surface area contributed by atoms with Crippen LogP contribution in [-0.4, -0.2) is 23.0 Å². The summed E-state index contributed by atoms with van der Waals surface area (Å²) in [6.07, 6.45) is 1.48. The van der Waals surface area contributed by atoms with E-state index >= 15 is 0 Å². The number of nitrogens with zero attached hydrogens (tertiary/aromatic N) is 4. The third kappa shape index (κ3) is 5.02. The molecule has 6 aromatic rings. The van der Waals surface area contributed by atoms with Crippen LogP contribution in [0.4, 0.5) is 0 Å². The summed E-state index contributed by atoms with van der Waals surface area (Å²) in [5.74, 6) is 1.28. The van der Waals surface area contributed by atoms with Crippen molar-refractivity contribution in [2.45, 2.75) is 6.61 Å². The van der Waals surface area contributed by atoms with Crippen LogP contribution in [0.5, 0.6) is 11.5 Å². The predicted molar refractivity (Wildman–Crippen MR) is 165 cm³/mol. The summed E-state index contributed by atoms with van der Waals surface area (Å²) in [6.45, 7) is 0.110. The fraction of sp³-hybridized carbons (Fsp3) is 0.0625. The van der Waals surface area contributed by atoms with Crippen molar-refractivity contribution in [2.75, 3.05) is 7.11 Å². The first-order chi connectivity index (χ1) is 20.5. The molecule has 4 aromatic carbocycles. The Morgan fingerprint density at radius 2 is 1.86 bits per heavy atom. The highest BCUT2D eigenvalue weighted by atomic mass is 79.9. The van der Waals surface area contributed by atoms with Crippen LogP contribution in [0.1, 0.15) is 16.7 Å². The van der Waals surface area contributed by atoms with Crippen molar-refractivity contribution in [1.29, 1.82) is 5.26 Å². The van der Waals surface area contributed by atoms with E-state index in [4.69, 9.17) is 30.5 Å². The van der Waals surface area contributed by atoms with Gasteiger partial charge in [0.1, 0.15) is 17.2 Å². The lowest BCUT2D eigenvalue weighted by Crippen LogP contribution is -2.20. The Hall–Kier alpha value is -4.91. The number of para-hydroxylation sites is 2. The van der Waals surface area contributed by atoms with Crippen molar-refractivity contribution in [3.8, 4) is 29.2 Å². The van der Waals surface area contributed by atoms with Crippen LogP contribution in [0.25, 0.3) is 33.5 Å². The zero-order valence-corrected chi connectivity index (χ0v) is 24.4. The van der Waals surface area contributed by atoms with Crippen molar-refractivity contribution >= 4 is 55.6 Å². The Kier molecular flexibility index (Phi) is 7.48. The smallest absolute Gasteiger partial charge is 0.282 e. The SMILES string of the molecule is COc1cc(C=Nn2c(-c3cc4ccccc4o3)nc3ccccc3c2=O)c(Br)c(Cl)c1OCc1ccccc1C#N. The van der Waals surface area contributed by atoms with E-state index in [0.29, 0.717) is 54.9 Å². The summed E-state index contributed by atoms with van der Waals surface area (Å²) < 4.78 is 19.3. The summed E-state index contributed by atoms with van der Waals surface area (Å²) >= 11 is 10.2. The van der Waals surface area contributed by atoms with E-state index in [1.54, 1.807) is 36.4 Å².